The lowest BCUT2D eigenvalue weighted by Gasteiger charge is -2.16. The first-order chi connectivity index (χ1) is 15.6. The number of nitrogens with zero attached hydrogens (tertiary/aromatic N) is 3. The summed E-state index contributed by atoms with van der Waals surface area (Å²) in [5, 5.41) is 5.56. The number of nitrogens with one attached hydrogen (secondary N) is 2. The van der Waals surface area contributed by atoms with Crippen LogP contribution in [0.1, 0.15) is 23.7 Å². The first-order valence-electron chi connectivity index (χ1n) is 10.3. The number of methoxy groups -OCH3 is 2. The Balaban J connectivity index is 1.46. The summed E-state index contributed by atoms with van der Waals surface area (Å²) in [6.45, 7) is 4.02. The van der Waals surface area contributed by atoms with E-state index in [1.807, 2.05) is 37.5 Å². The van der Waals surface area contributed by atoms with Crippen molar-refractivity contribution in [2.75, 3.05) is 19.5 Å². The molecule has 0 spiro atoms. The monoisotopic (exact) mass is 445 g/mol. The molecule has 1 aromatic carbocycles. The normalized spacial score (nSPS) is 12.2. The molecule has 0 saturated carbocycles. The Morgan fingerprint density at radius 1 is 1.03 bits per heavy atom. The van der Waals surface area contributed by atoms with E-state index < -0.39 is 0 Å². The number of aryl methyl sites for hydroxylation is 1. The molecule has 7 nitrogen and oxygen atoms in total. The third kappa shape index (κ3) is 3.62. The van der Waals surface area contributed by atoms with Crippen LogP contribution in [0.2, 0.25) is 0 Å². The van der Waals surface area contributed by atoms with Crippen LogP contribution < -0.4 is 14.8 Å². The number of anilines is 1. The Bertz CT molecular complexity index is 1420. The van der Waals surface area contributed by atoms with E-state index in [-0.39, 0.29) is 6.04 Å². The summed E-state index contributed by atoms with van der Waals surface area (Å²) < 4.78 is 10.9. The van der Waals surface area contributed by atoms with Crippen molar-refractivity contribution in [2.24, 2.45) is 0 Å². The number of thiophene rings is 1. The lowest BCUT2D eigenvalue weighted by molar-refractivity contribution is 0.356. The largest absolute Gasteiger partial charge is 0.493 e. The minimum atomic E-state index is 0.0586. The molecule has 0 fully saturated rings. The van der Waals surface area contributed by atoms with Crippen LogP contribution in [-0.4, -0.2) is 34.2 Å². The van der Waals surface area contributed by atoms with Gasteiger partial charge in [0.15, 0.2) is 11.5 Å². The van der Waals surface area contributed by atoms with Crippen molar-refractivity contribution in [2.45, 2.75) is 19.9 Å². The average Bonchev–Trinajstić information content (AvgIpc) is 3.47. The molecule has 2 N–H and O–H groups in total. The third-order valence-electron chi connectivity index (χ3n) is 5.40. The van der Waals surface area contributed by atoms with E-state index in [9.17, 15) is 0 Å². The molecule has 5 rings (SSSR count). The predicted octanol–water partition coefficient (Wildman–Crippen LogP) is 5.73. The maximum Gasteiger partial charge on any atom is 0.162 e. The first kappa shape index (κ1) is 20.3. The van der Waals surface area contributed by atoms with E-state index in [2.05, 4.69) is 50.4 Å². The van der Waals surface area contributed by atoms with Gasteiger partial charge in [-0.2, -0.15) is 0 Å². The Morgan fingerprint density at radius 2 is 1.84 bits per heavy atom. The average molecular weight is 446 g/mol. The van der Waals surface area contributed by atoms with Crippen molar-refractivity contribution in [3.8, 4) is 21.9 Å². The minimum Gasteiger partial charge on any atom is -0.493 e. The molecule has 162 valence electrons. The Kier molecular flexibility index (Phi) is 5.14. The van der Waals surface area contributed by atoms with E-state index in [4.69, 9.17) is 9.47 Å². The maximum atomic E-state index is 5.48. The van der Waals surface area contributed by atoms with Gasteiger partial charge < -0.3 is 19.8 Å². The van der Waals surface area contributed by atoms with Gasteiger partial charge in [0, 0.05) is 44.6 Å². The smallest absolute Gasteiger partial charge is 0.162 e. The summed E-state index contributed by atoms with van der Waals surface area (Å²) in [6, 6.07) is 12.4. The highest BCUT2D eigenvalue weighted by Gasteiger charge is 2.16. The summed E-state index contributed by atoms with van der Waals surface area (Å²) in [5.74, 6) is 2.76. The summed E-state index contributed by atoms with van der Waals surface area (Å²) in [6.07, 6.45) is 3.82. The molecule has 4 aromatic heterocycles. The van der Waals surface area contributed by atoms with Gasteiger partial charge in [-0.05, 0) is 44.2 Å². The molecule has 4 heterocycles. The van der Waals surface area contributed by atoms with Crippen LogP contribution in [0.4, 0.5) is 5.82 Å². The van der Waals surface area contributed by atoms with Gasteiger partial charge in [0.1, 0.15) is 17.3 Å². The van der Waals surface area contributed by atoms with Crippen molar-refractivity contribution < 1.29 is 9.47 Å². The van der Waals surface area contributed by atoms with Crippen LogP contribution in [0.3, 0.4) is 0 Å². The number of pyridine rings is 1. The second-order valence-electron chi connectivity index (χ2n) is 7.55. The standard InChI is InChI=1S/C24H23N5O2S/c1-13(21-5-6-22(32-21)16-9-15-7-8-25-23(15)26-12-16)27-24-17-10-19(30-3)20(31-4)11-18(17)28-14(2)29-24/h5-13H,1-4H3,(H,25,26)(H,27,28,29). The maximum absolute atomic E-state index is 5.48. The molecule has 0 aliphatic rings. The highest BCUT2D eigenvalue weighted by Crippen LogP contribution is 2.37. The Hall–Kier alpha value is -3.65. The molecule has 0 radical (unpaired) electrons. The highest BCUT2D eigenvalue weighted by molar-refractivity contribution is 7.15. The summed E-state index contributed by atoms with van der Waals surface area (Å²) in [5.41, 5.74) is 2.82. The van der Waals surface area contributed by atoms with Crippen LogP contribution >= 0.6 is 11.3 Å². The number of fused-ring (bicyclic) bond motifs is 2. The first-order valence-corrected chi connectivity index (χ1v) is 11.1. The van der Waals surface area contributed by atoms with Crippen molar-refractivity contribution in [3.05, 3.63) is 59.5 Å². The number of ether oxygens (including phenoxy) is 2. The zero-order chi connectivity index (χ0) is 22.2. The minimum absolute atomic E-state index is 0.0586. The van der Waals surface area contributed by atoms with Gasteiger partial charge in [-0.15, -0.1) is 11.3 Å². The van der Waals surface area contributed by atoms with Crippen molar-refractivity contribution >= 4 is 39.1 Å². The number of aromatic amines is 1. The van der Waals surface area contributed by atoms with Gasteiger partial charge in [0.25, 0.3) is 0 Å². The molecular weight excluding hydrogens is 422 g/mol. The van der Waals surface area contributed by atoms with Crippen LogP contribution in [-0.2, 0) is 0 Å². The van der Waals surface area contributed by atoms with Crippen molar-refractivity contribution in [3.63, 3.8) is 0 Å². The van der Waals surface area contributed by atoms with E-state index in [1.54, 1.807) is 25.6 Å². The summed E-state index contributed by atoms with van der Waals surface area (Å²) in [7, 11) is 3.25. The van der Waals surface area contributed by atoms with Crippen LogP contribution in [0.25, 0.3) is 32.4 Å². The zero-order valence-electron chi connectivity index (χ0n) is 18.3. The van der Waals surface area contributed by atoms with Crippen molar-refractivity contribution in [1.82, 2.24) is 19.9 Å². The number of aromatic nitrogens is 4. The Labute approximate surface area is 189 Å². The van der Waals surface area contributed by atoms with E-state index in [0.29, 0.717) is 17.3 Å². The molecule has 0 bridgehead atoms. The molecule has 8 heteroatoms. The zero-order valence-corrected chi connectivity index (χ0v) is 19.1. The van der Waals surface area contributed by atoms with E-state index in [1.165, 1.54) is 9.75 Å². The lowest BCUT2D eigenvalue weighted by Crippen LogP contribution is -2.08. The van der Waals surface area contributed by atoms with E-state index in [0.717, 1.165) is 33.3 Å². The molecule has 1 atom stereocenters. The molecule has 32 heavy (non-hydrogen) atoms. The molecule has 5 aromatic rings. The second-order valence-corrected chi connectivity index (χ2v) is 8.67. The number of hydrogen-bond acceptors (Lipinski definition) is 7. The SMILES string of the molecule is COc1cc2nc(C)nc(NC(C)c3ccc(-c4cnc5[nH]ccc5c4)s3)c2cc1OC. The van der Waals surface area contributed by atoms with Gasteiger partial charge in [-0.25, -0.2) is 15.0 Å². The fraction of sp³-hybridized carbons (Fsp3) is 0.208. The number of rotatable bonds is 6. The van der Waals surface area contributed by atoms with Gasteiger partial charge in [0.05, 0.1) is 25.8 Å². The Morgan fingerprint density at radius 3 is 2.66 bits per heavy atom. The summed E-state index contributed by atoms with van der Waals surface area (Å²) in [4.78, 5) is 19.3. The quantitative estimate of drug-likeness (QED) is 0.347. The van der Waals surface area contributed by atoms with Gasteiger partial charge in [-0.1, -0.05) is 0 Å². The van der Waals surface area contributed by atoms with Crippen LogP contribution in [0.15, 0.2) is 48.8 Å². The third-order valence-corrected chi connectivity index (χ3v) is 6.72. The summed E-state index contributed by atoms with van der Waals surface area (Å²) >= 11 is 1.75. The van der Waals surface area contributed by atoms with Crippen LogP contribution in [0.5, 0.6) is 11.5 Å². The molecule has 0 saturated heterocycles. The fourth-order valence-corrected chi connectivity index (χ4v) is 4.76. The molecule has 0 aliphatic heterocycles. The fourth-order valence-electron chi connectivity index (χ4n) is 3.77. The predicted molar refractivity (Wildman–Crippen MR) is 129 cm³/mol. The molecular formula is C24H23N5O2S. The highest BCUT2D eigenvalue weighted by atomic mass is 32.1. The number of benzene rings is 1. The molecule has 0 aliphatic carbocycles. The van der Waals surface area contributed by atoms with Gasteiger partial charge >= 0.3 is 0 Å². The van der Waals surface area contributed by atoms with Crippen molar-refractivity contribution in [1.29, 1.82) is 0 Å². The number of H-pyrrole nitrogens is 1. The van der Waals surface area contributed by atoms with Crippen LogP contribution in [0, 0.1) is 6.92 Å². The van der Waals surface area contributed by atoms with Gasteiger partial charge in [0.2, 0.25) is 0 Å². The topological polar surface area (TPSA) is 85.0 Å². The molecule has 0 amide bonds. The lowest BCUT2D eigenvalue weighted by atomic mass is 10.2. The van der Waals surface area contributed by atoms with Gasteiger partial charge in [-0.3, -0.25) is 0 Å². The number of hydrogen-bond donors (Lipinski definition) is 2. The van der Waals surface area contributed by atoms with E-state index >= 15 is 0 Å². The second kappa shape index (κ2) is 8.12. The molecule has 1 unspecified atom stereocenters.